The van der Waals surface area contributed by atoms with Crippen LogP contribution in [0.5, 0.6) is 0 Å². The van der Waals surface area contributed by atoms with E-state index in [1.165, 1.54) is 7.11 Å². The summed E-state index contributed by atoms with van der Waals surface area (Å²) in [7, 11) is 1.34. The van der Waals surface area contributed by atoms with E-state index in [9.17, 15) is 14.7 Å². The Morgan fingerprint density at radius 1 is 1.10 bits per heavy atom. The van der Waals surface area contributed by atoms with E-state index in [1.807, 2.05) is 60.7 Å². The minimum absolute atomic E-state index is 0.0206. The van der Waals surface area contributed by atoms with Crippen LogP contribution in [-0.2, 0) is 25.5 Å². The smallest absolute Gasteiger partial charge is 0.338 e. The Hall–Kier alpha value is -3.08. The van der Waals surface area contributed by atoms with Gasteiger partial charge in [-0.3, -0.25) is 4.79 Å². The molecule has 2 aliphatic rings. The number of aryl methyl sites for hydroxylation is 1. The van der Waals surface area contributed by atoms with E-state index in [2.05, 4.69) is 0 Å². The molecule has 1 fully saturated rings. The molecule has 162 valence electrons. The molecule has 1 aliphatic heterocycles. The van der Waals surface area contributed by atoms with Gasteiger partial charge in [0.05, 0.1) is 19.1 Å². The summed E-state index contributed by atoms with van der Waals surface area (Å²) in [6.45, 7) is 0. The quantitative estimate of drug-likeness (QED) is 0.594. The number of methoxy groups -OCH3 is 1. The Balaban J connectivity index is 1.61. The van der Waals surface area contributed by atoms with Crippen LogP contribution in [0.3, 0.4) is 0 Å². The summed E-state index contributed by atoms with van der Waals surface area (Å²) in [5.41, 5.74) is 2.50. The van der Waals surface area contributed by atoms with Crippen molar-refractivity contribution < 1.29 is 24.2 Å². The number of carbonyl (C=O) groups is 2. The lowest BCUT2D eigenvalue weighted by atomic mass is 9.84. The Morgan fingerprint density at radius 3 is 2.35 bits per heavy atom. The largest absolute Gasteiger partial charge is 0.508 e. The predicted octanol–water partition coefficient (Wildman–Crippen LogP) is 4.73. The molecule has 1 saturated carbocycles. The van der Waals surface area contributed by atoms with Crippen molar-refractivity contribution in [2.75, 3.05) is 7.11 Å². The highest BCUT2D eigenvalue weighted by Crippen LogP contribution is 2.50. The summed E-state index contributed by atoms with van der Waals surface area (Å²) in [6, 6.07) is 19.7. The number of aliphatic hydroxyl groups excluding tert-OH is 1. The fourth-order valence-corrected chi connectivity index (χ4v) is 4.52. The summed E-state index contributed by atoms with van der Waals surface area (Å²) in [5, 5.41) is 11.2. The Labute approximate surface area is 182 Å². The molecule has 1 heterocycles. The van der Waals surface area contributed by atoms with Crippen molar-refractivity contribution in [2.24, 2.45) is 11.8 Å². The van der Waals surface area contributed by atoms with Crippen LogP contribution in [0, 0.1) is 11.8 Å². The van der Waals surface area contributed by atoms with Gasteiger partial charge in [0, 0.05) is 11.8 Å². The van der Waals surface area contributed by atoms with Crippen LogP contribution in [0.2, 0.25) is 0 Å². The van der Waals surface area contributed by atoms with Gasteiger partial charge in [-0.2, -0.15) is 0 Å². The summed E-state index contributed by atoms with van der Waals surface area (Å²) in [4.78, 5) is 25.0. The van der Waals surface area contributed by atoms with Gasteiger partial charge in [0.2, 0.25) is 0 Å². The number of benzene rings is 2. The van der Waals surface area contributed by atoms with Crippen LogP contribution in [0.1, 0.15) is 42.7 Å². The highest BCUT2D eigenvalue weighted by Gasteiger charge is 2.47. The molecule has 4 rings (SSSR count). The molecule has 2 aromatic carbocycles. The molecule has 1 aliphatic carbocycles. The second-order valence-electron chi connectivity index (χ2n) is 8.42. The Kier molecular flexibility index (Phi) is 6.40. The molecule has 0 amide bonds. The molecule has 0 spiro atoms. The average Bonchev–Trinajstić information content (AvgIpc) is 3.59. The van der Waals surface area contributed by atoms with Crippen molar-refractivity contribution in [3.05, 3.63) is 83.1 Å². The molecule has 0 bridgehead atoms. The van der Waals surface area contributed by atoms with Gasteiger partial charge >= 0.3 is 11.9 Å². The van der Waals surface area contributed by atoms with Gasteiger partial charge in [0.1, 0.15) is 5.76 Å². The zero-order valence-corrected chi connectivity index (χ0v) is 17.7. The van der Waals surface area contributed by atoms with Gasteiger partial charge in [-0.05, 0) is 42.7 Å². The Morgan fingerprint density at radius 2 is 1.74 bits per heavy atom. The monoisotopic (exact) mass is 420 g/mol. The van der Waals surface area contributed by atoms with E-state index in [4.69, 9.17) is 9.47 Å². The maximum atomic E-state index is 12.9. The lowest BCUT2D eigenvalue weighted by molar-refractivity contribution is -0.148. The molecule has 31 heavy (non-hydrogen) atoms. The molecule has 0 aromatic heterocycles. The van der Waals surface area contributed by atoms with E-state index in [0.29, 0.717) is 24.3 Å². The zero-order valence-electron chi connectivity index (χ0n) is 17.7. The average molecular weight is 421 g/mol. The SMILES string of the molecule is COC(=O)CC(CCc1ccccc1)C1OC(=O)C(C(c2ccccc2)C2CC2)=C1O. The van der Waals surface area contributed by atoms with Gasteiger partial charge in [0.15, 0.2) is 6.10 Å². The van der Waals surface area contributed by atoms with Crippen molar-refractivity contribution >= 4 is 11.9 Å². The van der Waals surface area contributed by atoms with Crippen molar-refractivity contribution in [1.29, 1.82) is 0 Å². The van der Waals surface area contributed by atoms with Crippen molar-refractivity contribution in [3.8, 4) is 0 Å². The maximum Gasteiger partial charge on any atom is 0.338 e. The third-order valence-electron chi connectivity index (χ3n) is 6.29. The van der Waals surface area contributed by atoms with Crippen molar-refractivity contribution in [3.63, 3.8) is 0 Å². The standard InChI is InChI=1S/C26H28O5/c1-30-21(27)16-20(13-12-17-8-4-2-5-9-17)25-24(28)23(26(29)31-25)22(19-14-15-19)18-10-6-3-7-11-18/h2-11,19-20,22,25,28H,12-16H2,1H3. The van der Waals surface area contributed by atoms with Gasteiger partial charge < -0.3 is 14.6 Å². The molecule has 5 nitrogen and oxygen atoms in total. The number of aliphatic hydroxyl groups is 1. The lowest BCUT2D eigenvalue weighted by Crippen LogP contribution is -2.27. The number of rotatable bonds is 9. The molecular formula is C26H28O5. The number of hydrogen-bond donors (Lipinski definition) is 1. The minimum Gasteiger partial charge on any atom is -0.508 e. The highest BCUT2D eigenvalue weighted by atomic mass is 16.6. The van der Waals surface area contributed by atoms with Gasteiger partial charge in [-0.15, -0.1) is 0 Å². The summed E-state index contributed by atoms with van der Waals surface area (Å²) >= 11 is 0. The first-order chi connectivity index (χ1) is 15.1. The van der Waals surface area contributed by atoms with Crippen LogP contribution in [0.4, 0.5) is 0 Å². The third kappa shape index (κ3) is 4.82. The second kappa shape index (κ2) is 9.38. The number of esters is 2. The zero-order chi connectivity index (χ0) is 21.8. The summed E-state index contributed by atoms with van der Waals surface area (Å²) in [6.07, 6.45) is 2.60. The summed E-state index contributed by atoms with van der Waals surface area (Å²) < 4.78 is 10.6. The van der Waals surface area contributed by atoms with Gasteiger partial charge in [-0.25, -0.2) is 4.79 Å². The van der Waals surface area contributed by atoms with Crippen molar-refractivity contribution in [2.45, 2.75) is 44.1 Å². The molecule has 5 heteroatoms. The molecule has 1 N–H and O–H groups in total. The first-order valence-corrected chi connectivity index (χ1v) is 10.9. The van der Waals surface area contributed by atoms with Crippen LogP contribution in [0.25, 0.3) is 0 Å². The van der Waals surface area contributed by atoms with Gasteiger partial charge in [-0.1, -0.05) is 60.7 Å². The van der Waals surface area contributed by atoms with Crippen LogP contribution < -0.4 is 0 Å². The maximum absolute atomic E-state index is 12.9. The van der Waals surface area contributed by atoms with Crippen LogP contribution in [-0.4, -0.2) is 30.3 Å². The lowest BCUT2D eigenvalue weighted by Gasteiger charge is -2.22. The first-order valence-electron chi connectivity index (χ1n) is 10.9. The highest BCUT2D eigenvalue weighted by molar-refractivity contribution is 5.93. The van der Waals surface area contributed by atoms with Crippen molar-refractivity contribution in [1.82, 2.24) is 0 Å². The number of cyclic esters (lactones) is 1. The number of hydrogen-bond acceptors (Lipinski definition) is 5. The van der Waals surface area contributed by atoms with Gasteiger partial charge in [0.25, 0.3) is 0 Å². The Bertz CT molecular complexity index is 946. The molecule has 3 unspecified atom stereocenters. The van der Waals surface area contributed by atoms with Crippen LogP contribution >= 0.6 is 0 Å². The third-order valence-corrected chi connectivity index (χ3v) is 6.29. The minimum atomic E-state index is -0.824. The van der Waals surface area contributed by atoms with Crippen LogP contribution in [0.15, 0.2) is 72.0 Å². The fourth-order valence-electron chi connectivity index (χ4n) is 4.52. The van der Waals surface area contributed by atoms with E-state index in [-0.39, 0.29) is 30.0 Å². The second-order valence-corrected chi connectivity index (χ2v) is 8.42. The topological polar surface area (TPSA) is 72.8 Å². The van der Waals surface area contributed by atoms with E-state index in [0.717, 1.165) is 24.0 Å². The molecule has 2 aromatic rings. The summed E-state index contributed by atoms with van der Waals surface area (Å²) in [5.74, 6) is -1.08. The number of carbonyl (C=O) groups excluding carboxylic acids is 2. The first kappa shape index (κ1) is 21.2. The molecule has 0 saturated heterocycles. The fraction of sp³-hybridized carbons (Fsp3) is 0.385. The molecular weight excluding hydrogens is 392 g/mol. The van der Waals surface area contributed by atoms with E-state index in [1.54, 1.807) is 0 Å². The van der Waals surface area contributed by atoms with E-state index < -0.39 is 12.1 Å². The number of ether oxygens (including phenoxy) is 2. The van der Waals surface area contributed by atoms with E-state index >= 15 is 0 Å². The molecule has 0 radical (unpaired) electrons. The normalized spacial score (nSPS) is 20.3. The predicted molar refractivity (Wildman–Crippen MR) is 116 cm³/mol. The molecule has 3 atom stereocenters.